The van der Waals surface area contributed by atoms with Crippen molar-refractivity contribution in [2.45, 2.75) is 25.4 Å². The minimum atomic E-state index is -4.31. The predicted octanol–water partition coefficient (Wildman–Crippen LogP) is 5.73. The van der Waals surface area contributed by atoms with Gasteiger partial charge in [0.05, 0.1) is 18.8 Å². The molecule has 0 spiro atoms. The fourth-order valence-electron chi connectivity index (χ4n) is 3.33. The molecule has 0 unspecified atom stereocenters. The number of rotatable bonds is 11. The van der Waals surface area contributed by atoms with Gasteiger partial charge in [-0.1, -0.05) is 18.2 Å². The Bertz CT molecular complexity index is 1320. The van der Waals surface area contributed by atoms with Crippen LogP contribution in [-0.4, -0.2) is 31.3 Å². The van der Waals surface area contributed by atoms with E-state index in [1.54, 1.807) is 30.3 Å². The third-order valence-electron chi connectivity index (χ3n) is 5.32. The van der Waals surface area contributed by atoms with Gasteiger partial charge in [-0.25, -0.2) is 14.0 Å². The summed E-state index contributed by atoms with van der Waals surface area (Å²) in [6, 6.07) is 14.6. The van der Waals surface area contributed by atoms with E-state index >= 15 is 0 Å². The molecule has 4 N–H and O–H groups in total. The summed E-state index contributed by atoms with van der Waals surface area (Å²) in [5.74, 6) is -2.38. The lowest BCUT2D eigenvalue weighted by Gasteiger charge is -2.10. The number of hydrogen-bond donors (Lipinski definition) is 2. The summed E-state index contributed by atoms with van der Waals surface area (Å²) in [5.41, 5.74) is 13.9. The number of alkyl halides is 3. The molecule has 3 aromatic carbocycles. The number of benzene rings is 3. The summed E-state index contributed by atoms with van der Waals surface area (Å²) in [6.07, 6.45) is -2.46. The van der Waals surface area contributed by atoms with Crippen LogP contribution in [0.3, 0.4) is 0 Å². The molecule has 0 bridgehead atoms. The number of hydrogen-bond acceptors (Lipinski definition) is 7. The Morgan fingerprint density at radius 3 is 2.33 bits per heavy atom. The molecular formula is C28H26F4N2O5. The van der Waals surface area contributed by atoms with Crippen LogP contribution in [0, 0.1) is 5.82 Å². The van der Waals surface area contributed by atoms with Crippen molar-refractivity contribution in [2.24, 2.45) is 0 Å². The smallest absolute Gasteiger partial charge is 0.389 e. The highest BCUT2D eigenvalue weighted by Gasteiger charge is 2.26. The number of esters is 2. The number of carbonyl (C=O) groups excluding carboxylic acids is 2. The average molecular weight is 547 g/mol. The second kappa shape index (κ2) is 13.3. The second-order valence-corrected chi connectivity index (χ2v) is 8.38. The fraction of sp³-hybridized carbons (Fsp3) is 0.214. The molecule has 39 heavy (non-hydrogen) atoms. The largest absolute Gasteiger partial charge is 0.491 e. The summed E-state index contributed by atoms with van der Waals surface area (Å²) in [6.45, 7) is -0.185. The van der Waals surface area contributed by atoms with Crippen molar-refractivity contribution in [3.8, 4) is 11.5 Å². The first-order valence-corrected chi connectivity index (χ1v) is 11.8. The lowest BCUT2D eigenvalue weighted by Crippen LogP contribution is -2.11. The second-order valence-electron chi connectivity index (χ2n) is 8.38. The Morgan fingerprint density at radius 2 is 1.67 bits per heavy atom. The Labute approximate surface area is 222 Å². The molecule has 0 saturated carbocycles. The third-order valence-corrected chi connectivity index (χ3v) is 5.32. The Kier molecular flexibility index (Phi) is 9.91. The zero-order chi connectivity index (χ0) is 28.4. The van der Waals surface area contributed by atoms with Gasteiger partial charge in [0.2, 0.25) is 0 Å². The number of anilines is 2. The molecule has 11 heteroatoms. The van der Waals surface area contributed by atoms with Crippen LogP contribution in [0.25, 0.3) is 6.08 Å². The lowest BCUT2D eigenvalue weighted by molar-refractivity contribution is -0.138. The van der Waals surface area contributed by atoms with Crippen LogP contribution in [0.15, 0.2) is 66.7 Å². The van der Waals surface area contributed by atoms with Gasteiger partial charge in [-0.3, -0.25) is 0 Å². The van der Waals surface area contributed by atoms with Gasteiger partial charge in [0.25, 0.3) is 0 Å². The summed E-state index contributed by atoms with van der Waals surface area (Å²) in [4.78, 5) is 24.3. The minimum absolute atomic E-state index is 0.109. The summed E-state index contributed by atoms with van der Waals surface area (Å²) in [5, 5.41) is 0. The van der Waals surface area contributed by atoms with Gasteiger partial charge in [-0.15, -0.1) is 0 Å². The van der Waals surface area contributed by atoms with E-state index in [2.05, 4.69) is 0 Å². The summed E-state index contributed by atoms with van der Waals surface area (Å²) < 4.78 is 66.1. The van der Waals surface area contributed by atoms with Crippen molar-refractivity contribution in [1.29, 1.82) is 0 Å². The Morgan fingerprint density at radius 1 is 0.923 bits per heavy atom. The number of carbonyl (C=O) groups is 2. The van der Waals surface area contributed by atoms with Gasteiger partial charge in [-0.2, -0.15) is 13.2 Å². The molecule has 0 radical (unpaired) electrons. The summed E-state index contributed by atoms with van der Waals surface area (Å²) in [7, 11) is 0. The van der Waals surface area contributed by atoms with E-state index in [0.29, 0.717) is 23.4 Å². The molecule has 0 aromatic heterocycles. The van der Waals surface area contributed by atoms with E-state index in [1.807, 2.05) is 0 Å². The highest BCUT2D eigenvalue weighted by Crippen LogP contribution is 2.24. The number of nitrogens with two attached hydrogens (primary N) is 2. The van der Waals surface area contributed by atoms with E-state index in [9.17, 15) is 27.2 Å². The first kappa shape index (κ1) is 29.0. The first-order valence-electron chi connectivity index (χ1n) is 11.8. The van der Waals surface area contributed by atoms with Crippen LogP contribution < -0.4 is 20.9 Å². The molecule has 0 heterocycles. The average Bonchev–Trinajstić information content (AvgIpc) is 2.87. The molecule has 0 fully saturated rings. The number of halogens is 4. The topological polar surface area (TPSA) is 114 Å². The van der Waals surface area contributed by atoms with Gasteiger partial charge >= 0.3 is 18.1 Å². The van der Waals surface area contributed by atoms with E-state index in [0.717, 1.165) is 17.7 Å². The zero-order valence-corrected chi connectivity index (χ0v) is 20.7. The van der Waals surface area contributed by atoms with Crippen LogP contribution in [0.1, 0.15) is 34.3 Å². The van der Waals surface area contributed by atoms with Crippen molar-refractivity contribution in [3.63, 3.8) is 0 Å². The summed E-state index contributed by atoms with van der Waals surface area (Å²) >= 11 is 0. The van der Waals surface area contributed by atoms with Crippen molar-refractivity contribution in [1.82, 2.24) is 0 Å². The fourth-order valence-corrected chi connectivity index (χ4v) is 3.33. The van der Waals surface area contributed by atoms with Gasteiger partial charge in [0.1, 0.15) is 5.75 Å². The predicted molar refractivity (Wildman–Crippen MR) is 138 cm³/mol. The molecule has 0 aliphatic heterocycles. The highest BCUT2D eigenvalue weighted by molar-refractivity contribution is 5.91. The lowest BCUT2D eigenvalue weighted by atomic mass is 10.1. The molecular weight excluding hydrogens is 520 g/mol. The van der Waals surface area contributed by atoms with Crippen LogP contribution in [0.5, 0.6) is 11.5 Å². The van der Waals surface area contributed by atoms with Crippen LogP contribution in [-0.2, 0) is 16.0 Å². The molecule has 0 amide bonds. The van der Waals surface area contributed by atoms with Gasteiger partial charge in [-0.05, 0) is 66.1 Å². The van der Waals surface area contributed by atoms with Crippen LogP contribution in [0.4, 0.5) is 28.9 Å². The molecule has 206 valence electrons. The maximum atomic E-state index is 14.2. The number of ether oxygens (including phenoxy) is 3. The SMILES string of the molecule is Nc1ccc(CCOC(=O)/C=C/c2ccc(OC(=O)c3ccc(OCCCC(F)(F)F)c(F)c3)cc2)c(N)c1. The van der Waals surface area contributed by atoms with E-state index in [-0.39, 0.29) is 36.7 Å². The van der Waals surface area contributed by atoms with Crippen molar-refractivity contribution in [3.05, 3.63) is 89.2 Å². The number of nitrogen functional groups attached to an aromatic ring is 2. The maximum Gasteiger partial charge on any atom is 0.389 e. The normalized spacial score (nSPS) is 11.4. The van der Waals surface area contributed by atoms with E-state index in [1.165, 1.54) is 30.4 Å². The van der Waals surface area contributed by atoms with Gasteiger partial charge in [0.15, 0.2) is 11.6 Å². The molecule has 3 aromatic rings. The third kappa shape index (κ3) is 9.69. The first-order chi connectivity index (χ1) is 18.5. The molecule has 0 aliphatic carbocycles. The van der Waals surface area contributed by atoms with E-state index < -0.39 is 30.4 Å². The molecule has 7 nitrogen and oxygen atoms in total. The molecule has 0 saturated heterocycles. The monoisotopic (exact) mass is 546 g/mol. The van der Waals surface area contributed by atoms with Crippen molar-refractivity contribution < 1.29 is 41.4 Å². The van der Waals surface area contributed by atoms with Crippen molar-refractivity contribution in [2.75, 3.05) is 24.7 Å². The molecule has 3 rings (SSSR count). The highest BCUT2D eigenvalue weighted by atomic mass is 19.4. The van der Waals surface area contributed by atoms with Crippen molar-refractivity contribution >= 4 is 29.4 Å². The Hall–Kier alpha value is -4.54. The standard InChI is InChI=1S/C28H26F4N2O5/c29-23-16-20(6-10-25(23)37-14-1-13-28(30,31)32)27(36)39-22-8-2-18(3-9-22)4-11-26(35)38-15-12-19-5-7-21(33)17-24(19)34/h2-11,16-17H,1,12-15,33-34H2/b11-4+. The van der Waals surface area contributed by atoms with Gasteiger partial charge in [0, 0.05) is 30.3 Å². The quantitative estimate of drug-likeness (QED) is 0.0789. The van der Waals surface area contributed by atoms with Gasteiger partial charge < -0.3 is 25.7 Å². The molecule has 0 atom stereocenters. The zero-order valence-electron chi connectivity index (χ0n) is 20.7. The minimum Gasteiger partial charge on any atom is -0.491 e. The van der Waals surface area contributed by atoms with Crippen LogP contribution >= 0.6 is 0 Å². The van der Waals surface area contributed by atoms with Crippen LogP contribution in [0.2, 0.25) is 0 Å². The Balaban J connectivity index is 1.45. The van der Waals surface area contributed by atoms with E-state index in [4.69, 9.17) is 25.7 Å². The molecule has 0 aliphatic rings. The maximum absolute atomic E-state index is 14.2.